The molecule has 0 spiro atoms. The van der Waals surface area contributed by atoms with E-state index in [1.54, 1.807) is 31.3 Å². The lowest BCUT2D eigenvalue weighted by Crippen LogP contribution is -2.24. The fourth-order valence-corrected chi connectivity index (χ4v) is 2.04. The Labute approximate surface area is 121 Å². The first-order valence-electron chi connectivity index (χ1n) is 6.12. The number of hydrogen-bond donors (Lipinski definition) is 1. The first kappa shape index (κ1) is 14.8. The van der Waals surface area contributed by atoms with Gasteiger partial charge in [0, 0.05) is 5.56 Å². The van der Waals surface area contributed by atoms with Gasteiger partial charge in [-0.1, -0.05) is 35.9 Å². The fraction of sp³-hybridized carbons (Fsp3) is 0.200. The largest absolute Gasteiger partial charge is 0.490 e. The van der Waals surface area contributed by atoms with E-state index in [1.165, 1.54) is 12.1 Å². The van der Waals surface area contributed by atoms with Gasteiger partial charge in [-0.05, 0) is 25.2 Å². The Hall–Kier alpha value is -1.65. The van der Waals surface area contributed by atoms with E-state index in [9.17, 15) is 8.78 Å². The van der Waals surface area contributed by atoms with Crippen molar-refractivity contribution in [2.45, 2.75) is 6.04 Å². The van der Waals surface area contributed by atoms with Crippen LogP contribution in [0.3, 0.4) is 0 Å². The summed E-state index contributed by atoms with van der Waals surface area (Å²) in [5.74, 6) is -1.23. The molecule has 0 aromatic heterocycles. The van der Waals surface area contributed by atoms with Gasteiger partial charge in [0.2, 0.25) is 0 Å². The molecular weight excluding hydrogens is 284 g/mol. The van der Waals surface area contributed by atoms with Gasteiger partial charge in [-0.15, -0.1) is 0 Å². The summed E-state index contributed by atoms with van der Waals surface area (Å²) in [7, 11) is 1.66. The zero-order chi connectivity index (χ0) is 14.5. The van der Waals surface area contributed by atoms with E-state index in [-0.39, 0.29) is 12.2 Å². The van der Waals surface area contributed by atoms with Gasteiger partial charge in [-0.2, -0.15) is 0 Å². The normalized spacial score (nSPS) is 12.2. The molecule has 0 saturated carbocycles. The molecule has 2 rings (SSSR count). The third-order valence-electron chi connectivity index (χ3n) is 2.95. The zero-order valence-corrected chi connectivity index (χ0v) is 11.6. The molecule has 1 N–H and O–H groups in total. The molecule has 2 nitrogen and oxygen atoms in total. The van der Waals surface area contributed by atoms with E-state index in [4.69, 9.17) is 16.3 Å². The molecule has 2 aromatic carbocycles. The van der Waals surface area contributed by atoms with Crippen molar-refractivity contribution in [2.75, 3.05) is 13.7 Å². The van der Waals surface area contributed by atoms with Crippen molar-refractivity contribution in [1.82, 2.24) is 5.32 Å². The zero-order valence-electron chi connectivity index (χ0n) is 10.9. The van der Waals surface area contributed by atoms with Crippen LogP contribution in [0.5, 0.6) is 5.75 Å². The second-order valence-corrected chi connectivity index (χ2v) is 4.63. The summed E-state index contributed by atoms with van der Waals surface area (Å²) < 4.78 is 32.5. The molecule has 0 fully saturated rings. The first-order valence-corrected chi connectivity index (χ1v) is 6.49. The summed E-state index contributed by atoms with van der Waals surface area (Å²) in [5.41, 5.74) is 0.222. The lowest BCUT2D eigenvalue weighted by atomic mass is 10.1. The van der Waals surface area contributed by atoms with Gasteiger partial charge in [-0.3, -0.25) is 0 Å². The molecule has 1 unspecified atom stereocenters. The van der Waals surface area contributed by atoms with Crippen LogP contribution >= 0.6 is 11.6 Å². The van der Waals surface area contributed by atoms with Crippen LogP contribution in [0.25, 0.3) is 0 Å². The molecule has 5 heteroatoms. The maximum atomic E-state index is 13.7. The SMILES string of the molecule is CNC(COc1ccccc1Cl)c1cccc(F)c1F. The lowest BCUT2D eigenvalue weighted by molar-refractivity contribution is 0.269. The smallest absolute Gasteiger partial charge is 0.163 e. The standard InChI is InChI=1S/C15H14ClF2NO/c1-19-13(10-5-4-7-12(17)15(10)18)9-20-14-8-3-2-6-11(14)16/h2-8,13,19H,9H2,1H3. The topological polar surface area (TPSA) is 21.3 Å². The molecule has 0 aliphatic carbocycles. The molecule has 0 saturated heterocycles. The molecule has 1 atom stereocenters. The summed E-state index contributed by atoms with van der Waals surface area (Å²) in [4.78, 5) is 0. The summed E-state index contributed by atoms with van der Waals surface area (Å²) in [6.45, 7) is 0.139. The van der Waals surface area contributed by atoms with Crippen molar-refractivity contribution in [3.8, 4) is 5.75 Å². The maximum absolute atomic E-state index is 13.7. The van der Waals surface area contributed by atoms with Gasteiger partial charge in [-0.25, -0.2) is 8.78 Å². The van der Waals surface area contributed by atoms with Crippen molar-refractivity contribution in [1.29, 1.82) is 0 Å². The number of benzene rings is 2. The Balaban J connectivity index is 2.14. The summed E-state index contributed by atoms with van der Waals surface area (Å²) >= 11 is 5.97. The fourth-order valence-electron chi connectivity index (χ4n) is 1.85. The van der Waals surface area contributed by atoms with Crippen LogP contribution in [0.2, 0.25) is 5.02 Å². The van der Waals surface area contributed by atoms with E-state index >= 15 is 0 Å². The molecule has 0 amide bonds. The number of hydrogen-bond acceptors (Lipinski definition) is 2. The van der Waals surface area contributed by atoms with Crippen LogP contribution < -0.4 is 10.1 Å². The lowest BCUT2D eigenvalue weighted by Gasteiger charge is -2.18. The Bertz CT molecular complexity index is 592. The minimum atomic E-state index is -0.875. The van der Waals surface area contributed by atoms with Crippen LogP contribution in [-0.4, -0.2) is 13.7 Å². The highest BCUT2D eigenvalue weighted by atomic mass is 35.5. The van der Waals surface area contributed by atoms with Gasteiger partial charge < -0.3 is 10.1 Å². The number of likely N-dealkylation sites (N-methyl/N-ethyl adjacent to an activating group) is 1. The first-order chi connectivity index (χ1) is 9.63. The van der Waals surface area contributed by atoms with Gasteiger partial charge >= 0.3 is 0 Å². The van der Waals surface area contributed by atoms with E-state index in [1.807, 2.05) is 0 Å². The minimum absolute atomic E-state index is 0.139. The van der Waals surface area contributed by atoms with E-state index in [2.05, 4.69) is 5.32 Å². The quantitative estimate of drug-likeness (QED) is 0.902. The van der Waals surface area contributed by atoms with Crippen molar-refractivity contribution < 1.29 is 13.5 Å². The predicted octanol–water partition coefficient (Wildman–Crippen LogP) is 3.96. The number of rotatable bonds is 5. The molecule has 2 aromatic rings. The van der Waals surface area contributed by atoms with Crippen LogP contribution in [0.1, 0.15) is 11.6 Å². The van der Waals surface area contributed by atoms with Crippen molar-refractivity contribution in [3.63, 3.8) is 0 Å². The molecule has 0 aliphatic heterocycles. The molecule has 106 valence electrons. The van der Waals surface area contributed by atoms with Gasteiger partial charge in [0.15, 0.2) is 11.6 Å². The summed E-state index contributed by atoms with van der Waals surface area (Å²) in [5, 5.41) is 3.38. The van der Waals surface area contributed by atoms with Crippen molar-refractivity contribution in [3.05, 3.63) is 64.7 Å². The van der Waals surface area contributed by atoms with E-state index in [0.29, 0.717) is 10.8 Å². The van der Waals surface area contributed by atoms with Gasteiger partial charge in [0.1, 0.15) is 12.4 Å². The highest BCUT2D eigenvalue weighted by Gasteiger charge is 2.17. The molecule has 0 aliphatic rings. The van der Waals surface area contributed by atoms with E-state index < -0.39 is 17.7 Å². The Morgan fingerprint density at radius 3 is 2.60 bits per heavy atom. The minimum Gasteiger partial charge on any atom is -0.490 e. The van der Waals surface area contributed by atoms with Gasteiger partial charge in [0.25, 0.3) is 0 Å². The molecule has 20 heavy (non-hydrogen) atoms. The molecule has 0 radical (unpaired) electrons. The number of ether oxygens (including phenoxy) is 1. The monoisotopic (exact) mass is 297 g/mol. The predicted molar refractivity (Wildman–Crippen MR) is 75.1 cm³/mol. The van der Waals surface area contributed by atoms with Crippen molar-refractivity contribution in [2.24, 2.45) is 0 Å². The van der Waals surface area contributed by atoms with E-state index in [0.717, 1.165) is 6.07 Å². The highest BCUT2D eigenvalue weighted by Crippen LogP contribution is 2.25. The Morgan fingerprint density at radius 1 is 1.15 bits per heavy atom. The van der Waals surface area contributed by atoms with Crippen LogP contribution in [0.4, 0.5) is 8.78 Å². The molecular formula is C15H14ClF2NO. The van der Waals surface area contributed by atoms with Gasteiger partial charge in [0.05, 0.1) is 11.1 Å². The molecule has 0 bridgehead atoms. The molecule has 0 heterocycles. The van der Waals surface area contributed by atoms with Crippen molar-refractivity contribution >= 4 is 11.6 Å². The third kappa shape index (κ3) is 3.26. The second-order valence-electron chi connectivity index (χ2n) is 4.23. The Morgan fingerprint density at radius 2 is 1.90 bits per heavy atom. The summed E-state index contributed by atoms with van der Waals surface area (Å²) in [6, 6.07) is 10.6. The Kier molecular flexibility index (Phi) is 4.93. The third-order valence-corrected chi connectivity index (χ3v) is 3.26. The van der Waals surface area contributed by atoms with Crippen LogP contribution in [0, 0.1) is 11.6 Å². The van der Waals surface area contributed by atoms with Crippen LogP contribution in [-0.2, 0) is 0 Å². The average molecular weight is 298 g/mol. The second kappa shape index (κ2) is 6.68. The highest BCUT2D eigenvalue weighted by molar-refractivity contribution is 6.32. The number of nitrogens with one attached hydrogen (secondary N) is 1. The maximum Gasteiger partial charge on any atom is 0.163 e. The summed E-state index contributed by atoms with van der Waals surface area (Å²) in [6.07, 6.45) is 0. The number of halogens is 3. The number of para-hydroxylation sites is 1. The average Bonchev–Trinajstić information content (AvgIpc) is 2.45. The van der Waals surface area contributed by atoms with Crippen LogP contribution in [0.15, 0.2) is 42.5 Å².